The number of hydrogen-bond donors (Lipinski definition) is 2. The lowest BCUT2D eigenvalue weighted by molar-refractivity contribution is 0.332. The van der Waals surface area contributed by atoms with Crippen LogP contribution in [-0.4, -0.2) is 11.7 Å². The minimum atomic E-state index is 0.410. The Bertz CT molecular complexity index is 340. The maximum Gasteiger partial charge on any atom is 0.118 e. The van der Waals surface area contributed by atoms with Crippen LogP contribution in [0.15, 0.2) is 18.2 Å². The third kappa shape index (κ3) is 2.32. The van der Waals surface area contributed by atoms with Crippen molar-refractivity contribution in [2.45, 2.75) is 32.7 Å². The van der Waals surface area contributed by atoms with E-state index in [-0.39, 0.29) is 0 Å². The molecule has 0 amide bonds. The highest BCUT2D eigenvalue weighted by Gasteiger charge is 2.19. The first-order chi connectivity index (χ1) is 7.16. The average Bonchev–Trinajstić information content (AvgIpc) is 2.23. The van der Waals surface area contributed by atoms with Crippen LogP contribution < -0.4 is 5.32 Å². The molecule has 1 aromatic rings. The summed E-state index contributed by atoms with van der Waals surface area (Å²) in [4.78, 5) is 0. The molecule has 2 rings (SSSR count). The van der Waals surface area contributed by atoms with Gasteiger partial charge in [-0.15, -0.1) is 0 Å². The predicted octanol–water partition coefficient (Wildman–Crippen LogP) is 2.76. The zero-order chi connectivity index (χ0) is 10.8. The number of aromatic hydroxyl groups is 1. The van der Waals surface area contributed by atoms with Gasteiger partial charge in [-0.1, -0.05) is 19.1 Å². The van der Waals surface area contributed by atoms with E-state index < -0.39 is 0 Å². The van der Waals surface area contributed by atoms with Crippen LogP contribution in [0.3, 0.4) is 0 Å². The second-order valence-electron chi connectivity index (χ2n) is 4.69. The molecule has 0 aromatic heterocycles. The summed E-state index contributed by atoms with van der Waals surface area (Å²) in [6.45, 7) is 5.28. The fourth-order valence-electron chi connectivity index (χ4n) is 2.13. The number of piperidine rings is 1. The van der Waals surface area contributed by atoms with Crippen LogP contribution in [0.2, 0.25) is 0 Å². The van der Waals surface area contributed by atoms with Crippen LogP contribution in [0.1, 0.15) is 36.9 Å². The van der Waals surface area contributed by atoms with Crippen molar-refractivity contribution in [3.05, 3.63) is 29.3 Å². The average molecular weight is 205 g/mol. The minimum absolute atomic E-state index is 0.410. The van der Waals surface area contributed by atoms with E-state index in [1.165, 1.54) is 18.4 Å². The lowest BCUT2D eigenvalue weighted by Crippen LogP contribution is -2.31. The third-order valence-corrected chi connectivity index (χ3v) is 3.30. The lowest BCUT2D eigenvalue weighted by atomic mass is 9.91. The van der Waals surface area contributed by atoms with E-state index in [0.717, 1.165) is 18.0 Å². The molecule has 0 unspecified atom stereocenters. The summed E-state index contributed by atoms with van der Waals surface area (Å²) >= 11 is 0. The van der Waals surface area contributed by atoms with Crippen molar-refractivity contribution < 1.29 is 5.11 Å². The highest BCUT2D eigenvalue weighted by molar-refractivity contribution is 5.36. The molecule has 0 spiro atoms. The molecule has 1 heterocycles. The summed E-state index contributed by atoms with van der Waals surface area (Å²) in [6, 6.07) is 6.42. The number of rotatable bonds is 1. The lowest BCUT2D eigenvalue weighted by Gasteiger charge is -2.28. The van der Waals surface area contributed by atoms with E-state index in [0.29, 0.717) is 11.8 Å². The van der Waals surface area contributed by atoms with Crippen molar-refractivity contribution in [3.8, 4) is 5.75 Å². The summed E-state index contributed by atoms with van der Waals surface area (Å²) in [6.07, 6.45) is 2.44. The first-order valence-electron chi connectivity index (χ1n) is 5.69. The second-order valence-corrected chi connectivity index (χ2v) is 4.69. The normalized spacial score (nSPS) is 26.5. The van der Waals surface area contributed by atoms with Gasteiger partial charge >= 0.3 is 0 Å². The Labute approximate surface area is 91.3 Å². The van der Waals surface area contributed by atoms with Crippen LogP contribution in [0.25, 0.3) is 0 Å². The smallest absolute Gasteiger partial charge is 0.118 e. The summed E-state index contributed by atoms with van der Waals surface area (Å²) in [7, 11) is 0. The summed E-state index contributed by atoms with van der Waals surface area (Å²) in [5.74, 6) is 1.19. The first kappa shape index (κ1) is 10.5. The Morgan fingerprint density at radius 2 is 2.13 bits per heavy atom. The van der Waals surface area contributed by atoms with Gasteiger partial charge in [0.25, 0.3) is 0 Å². The molecule has 2 atom stereocenters. The van der Waals surface area contributed by atoms with Crippen LogP contribution in [0, 0.1) is 12.8 Å². The largest absolute Gasteiger partial charge is 0.508 e. The van der Waals surface area contributed by atoms with Crippen LogP contribution in [-0.2, 0) is 0 Å². The second kappa shape index (κ2) is 4.23. The SMILES string of the molecule is Cc1ccc([C@H]2CC[C@H](C)CN2)cc1O. The van der Waals surface area contributed by atoms with Gasteiger partial charge in [-0.2, -0.15) is 0 Å². The molecular formula is C13H19NO. The van der Waals surface area contributed by atoms with Crippen molar-refractivity contribution in [2.75, 3.05) is 6.54 Å². The van der Waals surface area contributed by atoms with Crippen molar-refractivity contribution >= 4 is 0 Å². The fraction of sp³-hybridized carbons (Fsp3) is 0.538. The zero-order valence-corrected chi connectivity index (χ0v) is 9.46. The number of phenols is 1. The molecular weight excluding hydrogens is 186 g/mol. The van der Waals surface area contributed by atoms with E-state index in [2.05, 4.69) is 18.3 Å². The van der Waals surface area contributed by atoms with E-state index in [1.54, 1.807) is 0 Å². The molecule has 2 nitrogen and oxygen atoms in total. The first-order valence-corrected chi connectivity index (χ1v) is 5.69. The van der Waals surface area contributed by atoms with Crippen LogP contribution in [0.4, 0.5) is 0 Å². The monoisotopic (exact) mass is 205 g/mol. The van der Waals surface area contributed by atoms with E-state index in [4.69, 9.17) is 0 Å². The number of aryl methyl sites for hydroxylation is 1. The van der Waals surface area contributed by atoms with Crippen molar-refractivity contribution in [1.29, 1.82) is 0 Å². The minimum Gasteiger partial charge on any atom is -0.508 e. The van der Waals surface area contributed by atoms with Gasteiger partial charge in [0.2, 0.25) is 0 Å². The summed E-state index contributed by atoms with van der Waals surface area (Å²) in [5.41, 5.74) is 2.16. The Morgan fingerprint density at radius 1 is 1.33 bits per heavy atom. The number of benzene rings is 1. The van der Waals surface area contributed by atoms with Gasteiger partial charge in [0.1, 0.15) is 5.75 Å². The van der Waals surface area contributed by atoms with Gasteiger partial charge in [0.05, 0.1) is 0 Å². The topological polar surface area (TPSA) is 32.3 Å². The molecule has 2 N–H and O–H groups in total. The van der Waals surface area contributed by atoms with Gasteiger partial charge in [-0.05, 0) is 49.4 Å². The molecule has 82 valence electrons. The van der Waals surface area contributed by atoms with E-state index in [1.807, 2.05) is 19.1 Å². The molecule has 0 bridgehead atoms. The van der Waals surface area contributed by atoms with Gasteiger partial charge in [0, 0.05) is 6.04 Å². The van der Waals surface area contributed by atoms with Gasteiger partial charge in [-0.3, -0.25) is 0 Å². The summed E-state index contributed by atoms with van der Waals surface area (Å²) < 4.78 is 0. The standard InChI is InChI=1S/C13H19NO/c1-9-3-6-12(14-8-9)11-5-4-10(2)13(15)7-11/h4-5,7,9,12,14-15H,3,6,8H2,1-2H3/t9-,12+/m0/s1. The molecule has 2 heteroatoms. The maximum atomic E-state index is 9.65. The number of nitrogens with one attached hydrogen (secondary N) is 1. The molecule has 0 radical (unpaired) electrons. The van der Waals surface area contributed by atoms with Crippen molar-refractivity contribution in [2.24, 2.45) is 5.92 Å². The Kier molecular flexibility index (Phi) is 2.96. The third-order valence-electron chi connectivity index (χ3n) is 3.30. The number of phenolic OH excluding ortho intramolecular Hbond substituents is 1. The summed E-state index contributed by atoms with van der Waals surface area (Å²) in [5, 5.41) is 13.2. The molecule has 0 aliphatic carbocycles. The Morgan fingerprint density at radius 3 is 2.73 bits per heavy atom. The fourth-order valence-corrected chi connectivity index (χ4v) is 2.13. The molecule has 1 aromatic carbocycles. The van der Waals surface area contributed by atoms with Gasteiger partial charge < -0.3 is 10.4 Å². The highest BCUT2D eigenvalue weighted by atomic mass is 16.3. The van der Waals surface area contributed by atoms with Crippen molar-refractivity contribution in [3.63, 3.8) is 0 Å². The van der Waals surface area contributed by atoms with E-state index in [9.17, 15) is 5.11 Å². The molecule has 15 heavy (non-hydrogen) atoms. The highest BCUT2D eigenvalue weighted by Crippen LogP contribution is 2.28. The molecule has 1 aliphatic rings. The van der Waals surface area contributed by atoms with Gasteiger partial charge in [0.15, 0.2) is 0 Å². The van der Waals surface area contributed by atoms with Crippen LogP contribution >= 0.6 is 0 Å². The predicted molar refractivity (Wildman–Crippen MR) is 62.0 cm³/mol. The van der Waals surface area contributed by atoms with Gasteiger partial charge in [-0.25, -0.2) is 0 Å². The number of hydrogen-bond acceptors (Lipinski definition) is 2. The quantitative estimate of drug-likeness (QED) is 0.739. The molecule has 1 saturated heterocycles. The van der Waals surface area contributed by atoms with E-state index >= 15 is 0 Å². The van der Waals surface area contributed by atoms with Crippen LogP contribution in [0.5, 0.6) is 5.75 Å². The molecule has 1 fully saturated rings. The molecule has 0 saturated carbocycles. The Hall–Kier alpha value is -1.02. The maximum absolute atomic E-state index is 9.65. The Balaban J connectivity index is 2.12. The van der Waals surface area contributed by atoms with Crippen molar-refractivity contribution in [1.82, 2.24) is 5.32 Å². The molecule has 1 aliphatic heterocycles. The zero-order valence-electron chi connectivity index (χ0n) is 9.46.